The summed E-state index contributed by atoms with van der Waals surface area (Å²) < 4.78 is 71.0. The van der Waals surface area contributed by atoms with Crippen molar-refractivity contribution in [3.63, 3.8) is 0 Å². The van der Waals surface area contributed by atoms with Crippen LogP contribution in [-0.4, -0.2) is 31.2 Å². The van der Waals surface area contributed by atoms with Crippen molar-refractivity contribution in [1.29, 1.82) is 0 Å². The van der Waals surface area contributed by atoms with Crippen molar-refractivity contribution in [3.05, 3.63) is 82.7 Å². The molecule has 0 radical (unpaired) electrons. The number of alkyl halides is 3. The Bertz CT molecular complexity index is 1260. The molecule has 1 amide bonds. The molecule has 35 heavy (non-hydrogen) atoms. The van der Waals surface area contributed by atoms with Gasteiger partial charge in [0.2, 0.25) is 5.91 Å². The minimum atomic E-state index is -4.39. The number of hydrogen-bond donors (Lipinski definition) is 1. The number of amides is 1. The summed E-state index contributed by atoms with van der Waals surface area (Å²) in [6, 6.07) is 14.1. The number of benzene rings is 2. The van der Waals surface area contributed by atoms with Crippen molar-refractivity contribution in [3.8, 4) is 5.75 Å². The number of sulfonamides is 1. The molecule has 186 valence electrons. The summed E-state index contributed by atoms with van der Waals surface area (Å²) in [4.78, 5) is 12.8. The van der Waals surface area contributed by atoms with Gasteiger partial charge in [-0.25, -0.2) is 8.42 Å². The van der Waals surface area contributed by atoms with Crippen LogP contribution in [0.15, 0.2) is 70.3 Å². The van der Waals surface area contributed by atoms with Gasteiger partial charge in [0.05, 0.1) is 5.56 Å². The molecule has 1 aliphatic heterocycles. The number of carbonyl (C=O) groups excluding carboxylic acids is 1. The highest BCUT2D eigenvalue weighted by molar-refractivity contribution is 7.91. The molecule has 3 aromatic rings. The predicted molar refractivity (Wildman–Crippen MR) is 125 cm³/mol. The van der Waals surface area contributed by atoms with E-state index >= 15 is 0 Å². The summed E-state index contributed by atoms with van der Waals surface area (Å²) in [7, 11) is -3.72. The molecule has 0 bridgehead atoms. The van der Waals surface area contributed by atoms with Crippen molar-refractivity contribution in [1.82, 2.24) is 9.62 Å². The van der Waals surface area contributed by atoms with Gasteiger partial charge in [0, 0.05) is 13.1 Å². The molecular formula is C24H23F3N2O4S2. The lowest BCUT2D eigenvalue weighted by atomic mass is 10.1. The van der Waals surface area contributed by atoms with Crippen molar-refractivity contribution in [2.45, 2.75) is 42.4 Å². The normalized spacial score (nSPS) is 16.8. The van der Waals surface area contributed by atoms with Gasteiger partial charge in [-0.2, -0.15) is 17.5 Å². The average molecular weight is 525 g/mol. The maximum absolute atomic E-state index is 12.9. The Hall–Kier alpha value is -2.89. The van der Waals surface area contributed by atoms with Crippen LogP contribution >= 0.6 is 11.3 Å². The number of thiophene rings is 1. The fourth-order valence-electron chi connectivity index (χ4n) is 3.82. The van der Waals surface area contributed by atoms with Gasteiger partial charge >= 0.3 is 6.18 Å². The van der Waals surface area contributed by atoms with Crippen LogP contribution in [0.4, 0.5) is 13.2 Å². The van der Waals surface area contributed by atoms with Gasteiger partial charge in [0.1, 0.15) is 22.6 Å². The zero-order chi connectivity index (χ0) is 25.1. The molecule has 1 aliphatic rings. The van der Waals surface area contributed by atoms with Crippen LogP contribution in [0.1, 0.15) is 29.5 Å². The van der Waals surface area contributed by atoms with E-state index in [0.717, 1.165) is 29.0 Å². The van der Waals surface area contributed by atoms with Crippen LogP contribution in [-0.2, 0) is 34.1 Å². The lowest BCUT2D eigenvalue weighted by Gasteiger charge is -2.22. The fraction of sp³-hybridized carbons (Fsp3) is 0.292. The molecule has 1 fully saturated rings. The first-order valence-corrected chi connectivity index (χ1v) is 13.2. The number of hydrogen-bond acceptors (Lipinski definition) is 5. The molecule has 0 saturated carbocycles. The van der Waals surface area contributed by atoms with E-state index < -0.39 is 27.8 Å². The smallest absolute Gasteiger partial charge is 0.416 e. The highest BCUT2D eigenvalue weighted by atomic mass is 32.2. The topological polar surface area (TPSA) is 75.7 Å². The van der Waals surface area contributed by atoms with E-state index in [2.05, 4.69) is 5.32 Å². The second kappa shape index (κ2) is 10.4. The summed E-state index contributed by atoms with van der Waals surface area (Å²) in [5, 5.41) is 4.49. The number of nitrogens with one attached hydrogen (secondary N) is 1. The van der Waals surface area contributed by atoms with Gasteiger partial charge in [0.15, 0.2) is 0 Å². The summed E-state index contributed by atoms with van der Waals surface area (Å²) in [6.45, 7) is 0.566. The molecule has 0 unspecified atom stereocenters. The monoisotopic (exact) mass is 524 g/mol. The Kier molecular flexibility index (Phi) is 7.48. The molecular weight excluding hydrogens is 501 g/mol. The first-order chi connectivity index (χ1) is 16.6. The molecule has 1 N–H and O–H groups in total. The molecule has 0 aliphatic carbocycles. The first-order valence-electron chi connectivity index (χ1n) is 10.9. The lowest BCUT2D eigenvalue weighted by Crippen LogP contribution is -2.45. The van der Waals surface area contributed by atoms with E-state index in [4.69, 9.17) is 4.74 Å². The Balaban J connectivity index is 1.33. The van der Waals surface area contributed by atoms with E-state index in [-0.39, 0.29) is 23.3 Å². The molecule has 11 heteroatoms. The first kappa shape index (κ1) is 25.2. The number of carbonyl (C=O) groups is 1. The number of rotatable bonds is 8. The molecule has 6 nitrogen and oxygen atoms in total. The summed E-state index contributed by atoms with van der Waals surface area (Å²) in [5.41, 5.74) is 0.613. The molecule has 2 aromatic carbocycles. The van der Waals surface area contributed by atoms with E-state index in [0.29, 0.717) is 30.7 Å². The van der Waals surface area contributed by atoms with E-state index in [1.807, 2.05) is 0 Å². The second-order valence-corrected chi connectivity index (χ2v) is 11.1. The Morgan fingerprint density at radius 2 is 1.86 bits per heavy atom. The molecule has 0 spiro atoms. The lowest BCUT2D eigenvalue weighted by molar-refractivity contribution is -0.137. The van der Waals surface area contributed by atoms with E-state index in [1.165, 1.54) is 22.5 Å². The van der Waals surface area contributed by atoms with E-state index in [1.54, 1.807) is 35.7 Å². The van der Waals surface area contributed by atoms with Gasteiger partial charge in [0.25, 0.3) is 10.0 Å². The van der Waals surface area contributed by atoms with Crippen LogP contribution in [0, 0.1) is 0 Å². The SMILES string of the molecule is O=C(NCc1cccc(OCc2ccc(C(F)(F)F)cc2)c1)[C@@H]1CCCN1S(=O)(=O)c1cccs1. The minimum absolute atomic E-state index is 0.0889. The molecule has 1 aromatic heterocycles. The zero-order valence-electron chi connectivity index (χ0n) is 18.5. The summed E-state index contributed by atoms with van der Waals surface area (Å²) >= 11 is 1.12. The van der Waals surface area contributed by atoms with Crippen molar-refractivity contribution >= 4 is 27.3 Å². The third kappa shape index (κ3) is 6.03. The summed E-state index contributed by atoms with van der Waals surface area (Å²) in [5.74, 6) is 0.137. The van der Waals surface area contributed by atoms with Gasteiger partial charge < -0.3 is 10.1 Å². The number of ether oxygens (including phenoxy) is 1. The Morgan fingerprint density at radius 1 is 1.09 bits per heavy atom. The van der Waals surface area contributed by atoms with Crippen LogP contribution in [0.2, 0.25) is 0 Å². The highest BCUT2D eigenvalue weighted by Gasteiger charge is 2.39. The van der Waals surface area contributed by atoms with E-state index in [9.17, 15) is 26.4 Å². The molecule has 4 rings (SSSR count). The average Bonchev–Trinajstić information content (AvgIpc) is 3.54. The van der Waals surface area contributed by atoms with Crippen molar-refractivity contribution in [2.24, 2.45) is 0 Å². The van der Waals surface area contributed by atoms with Gasteiger partial charge in [-0.3, -0.25) is 4.79 Å². The fourth-order valence-corrected chi connectivity index (χ4v) is 6.60. The standard InChI is InChI=1S/C24H23F3N2O4S2/c25-24(26,27)19-10-8-17(9-11-19)16-33-20-5-1-4-18(14-20)15-28-23(30)21-6-2-12-29(21)35(31,32)22-7-3-13-34-22/h1,3-5,7-11,13-14,21H,2,6,12,15-16H2,(H,28,30)/t21-/m0/s1. The van der Waals surface area contributed by atoms with Crippen LogP contribution < -0.4 is 10.1 Å². The predicted octanol–water partition coefficient (Wildman–Crippen LogP) is 4.82. The zero-order valence-corrected chi connectivity index (χ0v) is 20.1. The second-order valence-electron chi connectivity index (χ2n) is 8.05. The van der Waals surface area contributed by atoms with Gasteiger partial charge in [-0.05, 0) is 59.7 Å². The number of nitrogens with zero attached hydrogens (tertiary/aromatic N) is 1. The minimum Gasteiger partial charge on any atom is -0.489 e. The highest BCUT2D eigenvalue weighted by Crippen LogP contribution is 2.30. The summed E-state index contributed by atoms with van der Waals surface area (Å²) in [6.07, 6.45) is -3.33. The van der Waals surface area contributed by atoms with Crippen LogP contribution in [0.25, 0.3) is 0 Å². The van der Waals surface area contributed by atoms with Crippen molar-refractivity contribution in [2.75, 3.05) is 6.54 Å². The largest absolute Gasteiger partial charge is 0.489 e. The maximum atomic E-state index is 12.9. The third-order valence-electron chi connectivity index (χ3n) is 5.62. The maximum Gasteiger partial charge on any atom is 0.416 e. The van der Waals surface area contributed by atoms with Crippen LogP contribution in [0.3, 0.4) is 0 Å². The third-order valence-corrected chi connectivity index (χ3v) is 8.90. The molecule has 1 atom stereocenters. The van der Waals surface area contributed by atoms with Crippen molar-refractivity contribution < 1.29 is 31.1 Å². The van der Waals surface area contributed by atoms with Crippen LogP contribution in [0.5, 0.6) is 5.75 Å². The molecule has 2 heterocycles. The quantitative estimate of drug-likeness (QED) is 0.459. The van der Waals surface area contributed by atoms with Gasteiger partial charge in [-0.1, -0.05) is 30.3 Å². The Labute approximate surface area is 205 Å². The number of halogens is 3. The molecule has 1 saturated heterocycles. The Morgan fingerprint density at radius 3 is 2.54 bits per heavy atom. The van der Waals surface area contributed by atoms with Gasteiger partial charge in [-0.15, -0.1) is 11.3 Å².